The molecule has 0 fully saturated rings. The van der Waals surface area contributed by atoms with Gasteiger partial charge in [0.25, 0.3) is 5.91 Å². The lowest BCUT2D eigenvalue weighted by Gasteiger charge is -1.96. The molecule has 1 N–H and O–H groups in total. The fourth-order valence-electron chi connectivity index (χ4n) is 0.790. The van der Waals surface area contributed by atoms with Gasteiger partial charge in [-0.05, 0) is 12.1 Å². The molecular weight excluding hydrogens is 297 g/mol. The highest BCUT2D eigenvalue weighted by Crippen LogP contribution is 2.18. The average Bonchev–Trinajstić information content (AvgIpc) is 2.62. The van der Waals surface area contributed by atoms with Crippen molar-refractivity contribution in [2.45, 2.75) is 4.43 Å². The van der Waals surface area contributed by atoms with Gasteiger partial charge in [0.2, 0.25) is 0 Å². The number of nitrogens with one attached hydrogen (secondary N) is 1. The standard InChI is InChI=1S/C9H8INOS/c1-2-5-11-9(12)8-4-3-7(6-10)13-8/h1,3-4H,5-6H2,(H,11,12). The van der Waals surface area contributed by atoms with E-state index in [2.05, 4.69) is 33.8 Å². The third kappa shape index (κ3) is 3.01. The van der Waals surface area contributed by atoms with E-state index in [0.717, 1.165) is 9.30 Å². The zero-order valence-electron chi connectivity index (χ0n) is 6.84. The van der Waals surface area contributed by atoms with Gasteiger partial charge in [0.15, 0.2) is 0 Å². The first-order valence-corrected chi connectivity index (χ1v) is 5.98. The smallest absolute Gasteiger partial charge is 0.262 e. The lowest BCUT2D eigenvalue weighted by molar-refractivity contribution is 0.0963. The van der Waals surface area contributed by atoms with Crippen molar-refractivity contribution < 1.29 is 4.79 Å². The quantitative estimate of drug-likeness (QED) is 0.517. The van der Waals surface area contributed by atoms with Crippen LogP contribution in [0.5, 0.6) is 0 Å². The van der Waals surface area contributed by atoms with Crippen LogP contribution in [0, 0.1) is 12.3 Å². The number of carbonyl (C=O) groups excluding carboxylic acids is 1. The third-order valence-corrected chi connectivity index (χ3v) is 3.79. The van der Waals surface area contributed by atoms with Crippen LogP contribution in [0.2, 0.25) is 0 Å². The molecule has 0 bridgehead atoms. The van der Waals surface area contributed by atoms with Crippen LogP contribution in [0.1, 0.15) is 14.5 Å². The third-order valence-electron chi connectivity index (χ3n) is 1.37. The van der Waals surface area contributed by atoms with Crippen molar-refractivity contribution in [2.24, 2.45) is 0 Å². The van der Waals surface area contributed by atoms with Crippen molar-refractivity contribution in [3.8, 4) is 12.3 Å². The van der Waals surface area contributed by atoms with Gasteiger partial charge in [-0.15, -0.1) is 17.8 Å². The molecule has 0 unspecified atom stereocenters. The van der Waals surface area contributed by atoms with Crippen LogP contribution in [0.4, 0.5) is 0 Å². The summed E-state index contributed by atoms with van der Waals surface area (Å²) in [6, 6.07) is 3.78. The fraction of sp³-hybridized carbons (Fsp3) is 0.222. The molecule has 0 atom stereocenters. The first-order valence-electron chi connectivity index (χ1n) is 3.64. The Labute approximate surface area is 94.9 Å². The van der Waals surface area contributed by atoms with Gasteiger partial charge in [-0.25, -0.2) is 0 Å². The van der Waals surface area contributed by atoms with Crippen LogP contribution in [-0.4, -0.2) is 12.5 Å². The van der Waals surface area contributed by atoms with E-state index in [4.69, 9.17) is 6.42 Å². The summed E-state index contributed by atoms with van der Waals surface area (Å²) in [7, 11) is 0. The molecule has 1 aromatic heterocycles. The van der Waals surface area contributed by atoms with Crippen LogP contribution in [-0.2, 0) is 4.43 Å². The zero-order chi connectivity index (χ0) is 9.68. The minimum atomic E-state index is -0.0842. The summed E-state index contributed by atoms with van der Waals surface area (Å²) in [5.74, 6) is 2.28. The van der Waals surface area contributed by atoms with Gasteiger partial charge in [-0.3, -0.25) is 4.79 Å². The molecule has 4 heteroatoms. The highest BCUT2D eigenvalue weighted by atomic mass is 127. The average molecular weight is 305 g/mol. The number of amides is 1. The predicted molar refractivity (Wildman–Crippen MR) is 63.2 cm³/mol. The summed E-state index contributed by atoms with van der Waals surface area (Å²) in [6.07, 6.45) is 5.02. The first kappa shape index (κ1) is 10.5. The van der Waals surface area contributed by atoms with Gasteiger partial charge in [-0.1, -0.05) is 28.5 Å². The lowest BCUT2D eigenvalue weighted by atomic mass is 10.4. The molecule has 0 saturated carbocycles. The van der Waals surface area contributed by atoms with Gasteiger partial charge in [0.05, 0.1) is 11.4 Å². The molecule has 0 aromatic carbocycles. The van der Waals surface area contributed by atoms with Gasteiger partial charge >= 0.3 is 0 Å². The van der Waals surface area contributed by atoms with Gasteiger partial charge in [-0.2, -0.15) is 0 Å². The summed E-state index contributed by atoms with van der Waals surface area (Å²) in [5, 5.41) is 2.62. The molecule has 1 heterocycles. The summed E-state index contributed by atoms with van der Waals surface area (Å²) < 4.78 is 0.935. The van der Waals surface area contributed by atoms with E-state index in [-0.39, 0.29) is 12.5 Å². The largest absolute Gasteiger partial charge is 0.340 e. The zero-order valence-corrected chi connectivity index (χ0v) is 9.81. The second-order valence-corrected chi connectivity index (χ2v) is 4.22. The highest BCUT2D eigenvalue weighted by molar-refractivity contribution is 14.1. The monoisotopic (exact) mass is 305 g/mol. The van der Waals surface area contributed by atoms with Crippen LogP contribution in [0.25, 0.3) is 0 Å². The van der Waals surface area contributed by atoms with E-state index >= 15 is 0 Å². The molecule has 0 saturated heterocycles. The molecular formula is C9H8INOS. The molecule has 0 spiro atoms. The number of hydrogen-bond donors (Lipinski definition) is 1. The number of thiophene rings is 1. The number of carbonyl (C=O) groups is 1. The Morgan fingerprint density at radius 3 is 3.00 bits per heavy atom. The normalized spacial score (nSPS) is 9.23. The Morgan fingerprint density at radius 1 is 1.69 bits per heavy atom. The maximum Gasteiger partial charge on any atom is 0.262 e. The first-order chi connectivity index (χ1) is 6.27. The molecule has 1 rings (SSSR count). The van der Waals surface area contributed by atoms with Crippen LogP contribution >= 0.6 is 33.9 Å². The second-order valence-electron chi connectivity index (χ2n) is 2.29. The van der Waals surface area contributed by atoms with Crippen molar-refractivity contribution in [3.63, 3.8) is 0 Å². The molecule has 0 aliphatic carbocycles. The minimum Gasteiger partial charge on any atom is -0.340 e. The molecule has 0 radical (unpaired) electrons. The SMILES string of the molecule is C#CCNC(=O)c1ccc(CI)s1. The maximum atomic E-state index is 11.3. The van der Waals surface area contributed by atoms with Crippen LogP contribution in [0.15, 0.2) is 12.1 Å². The predicted octanol–water partition coefficient (Wildman–Crippen LogP) is 2.05. The Morgan fingerprint density at radius 2 is 2.46 bits per heavy atom. The number of halogens is 1. The van der Waals surface area contributed by atoms with Gasteiger partial charge in [0.1, 0.15) is 0 Å². The van der Waals surface area contributed by atoms with E-state index in [9.17, 15) is 4.79 Å². The molecule has 13 heavy (non-hydrogen) atoms. The number of rotatable bonds is 3. The number of hydrogen-bond acceptors (Lipinski definition) is 2. The van der Waals surface area contributed by atoms with E-state index in [1.54, 1.807) is 0 Å². The van der Waals surface area contributed by atoms with Crippen molar-refractivity contribution >= 4 is 39.8 Å². The minimum absolute atomic E-state index is 0.0842. The summed E-state index contributed by atoms with van der Waals surface area (Å²) in [6.45, 7) is 0.288. The van der Waals surface area contributed by atoms with Crippen molar-refractivity contribution in [3.05, 3.63) is 21.9 Å². The van der Waals surface area contributed by atoms with Crippen molar-refractivity contribution in [1.29, 1.82) is 0 Å². The van der Waals surface area contributed by atoms with Crippen LogP contribution < -0.4 is 5.32 Å². The molecule has 0 aliphatic heterocycles. The van der Waals surface area contributed by atoms with E-state index < -0.39 is 0 Å². The van der Waals surface area contributed by atoms with E-state index in [0.29, 0.717) is 0 Å². The Kier molecular flexibility index (Phi) is 4.25. The molecule has 68 valence electrons. The van der Waals surface area contributed by atoms with Crippen molar-refractivity contribution in [2.75, 3.05) is 6.54 Å². The van der Waals surface area contributed by atoms with Crippen LogP contribution in [0.3, 0.4) is 0 Å². The summed E-state index contributed by atoms with van der Waals surface area (Å²) >= 11 is 3.77. The maximum absolute atomic E-state index is 11.3. The highest BCUT2D eigenvalue weighted by Gasteiger charge is 2.06. The molecule has 1 aromatic rings. The van der Waals surface area contributed by atoms with E-state index in [1.165, 1.54) is 16.2 Å². The van der Waals surface area contributed by atoms with E-state index in [1.807, 2.05) is 12.1 Å². The number of alkyl halides is 1. The second kappa shape index (κ2) is 5.25. The fourth-order valence-corrected chi connectivity index (χ4v) is 2.29. The Hall–Kier alpha value is -0.540. The topological polar surface area (TPSA) is 29.1 Å². The molecule has 0 aliphatic rings. The van der Waals surface area contributed by atoms with Crippen molar-refractivity contribution in [1.82, 2.24) is 5.32 Å². The molecule has 1 amide bonds. The summed E-state index contributed by atoms with van der Waals surface area (Å²) in [5.41, 5.74) is 0. The van der Waals surface area contributed by atoms with Gasteiger partial charge in [0, 0.05) is 9.30 Å². The Bertz CT molecular complexity index is 340. The Balaban J connectivity index is 2.62. The summed E-state index contributed by atoms with van der Waals surface area (Å²) in [4.78, 5) is 13.3. The molecule has 2 nitrogen and oxygen atoms in total. The van der Waals surface area contributed by atoms with Gasteiger partial charge < -0.3 is 5.32 Å². The lowest BCUT2D eigenvalue weighted by Crippen LogP contribution is -2.22. The number of terminal acetylenes is 1.